The smallest absolute Gasteiger partial charge is 0.122 e. The molecule has 0 spiro atoms. The van der Waals surface area contributed by atoms with Crippen LogP contribution in [0.15, 0.2) is 18.2 Å². The van der Waals surface area contributed by atoms with Gasteiger partial charge in [-0.2, -0.15) is 0 Å². The minimum atomic E-state index is -0.204. The maximum atomic E-state index is 8.95. The highest BCUT2D eigenvalue weighted by Gasteiger charge is 2.08. The molecular formula is C14H22O3. The molecule has 0 radical (unpaired) electrons. The van der Waals surface area contributed by atoms with Crippen LogP contribution < -0.4 is 4.74 Å². The Bertz CT molecular complexity index is 332. The minimum absolute atomic E-state index is 0.0521. The Morgan fingerprint density at radius 1 is 1.24 bits per heavy atom. The van der Waals surface area contributed by atoms with E-state index in [4.69, 9.17) is 14.9 Å². The van der Waals surface area contributed by atoms with Crippen molar-refractivity contribution in [2.75, 3.05) is 19.8 Å². The zero-order valence-corrected chi connectivity index (χ0v) is 10.6. The third-order valence-corrected chi connectivity index (χ3v) is 2.77. The molecule has 0 aliphatic heterocycles. The first-order valence-electron chi connectivity index (χ1n) is 6.15. The fourth-order valence-electron chi connectivity index (χ4n) is 1.69. The van der Waals surface area contributed by atoms with Gasteiger partial charge in [-0.15, -0.1) is 0 Å². The highest BCUT2D eigenvalue weighted by molar-refractivity contribution is 5.36. The topological polar surface area (TPSA) is 49.7 Å². The molecule has 17 heavy (non-hydrogen) atoms. The molecule has 0 aliphatic carbocycles. The van der Waals surface area contributed by atoms with Crippen LogP contribution in [-0.4, -0.2) is 30.0 Å². The van der Waals surface area contributed by atoms with E-state index in [1.807, 2.05) is 13.0 Å². The summed E-state index contributed by atoms with van der Waals surface area (Å²) in [6, 6.07) is 6.16. The van der Waals surface area contributed by atoms with Crippen LogP contribution >= 0.6 is 0 Å². The third-order valence-electron chi connectivity index (χ3n) is 2.77. The van der Waals surface area contributed by atoms with Crippen LogP contribution in [-0.2, 0) is 6.42 Å². The lowest BCUT2D eigenvalue weighted by Crippen LogP contribution is -2.19. The Kier molecular flexibility index (Phi) is 6.01. The Balaban J connectivity index is 2.59. The molecule has 0 amide bonds. The van der Waals surface area contributed by atoms with Crippen LogP contribution in [0.3, 0.4) is 0 Å². The fraction of sp³-hybridized carbons (Fsp3) is 0.571. The number of rotatable bonds is 7. The van der Waals surface area contributed by atoms with Gasteiger partial charge in [0.1, 0.15) is 5.75 Å². The lowest BCUT2D eigenvalue weighted by atomic mass is 10.1. The van der Waals surface area contributed by atoms with E-state index in [1.165, 1.54) is 5.56 Å². The van der Waals surface area contributed by atoms with E-state index in [-0.39, 0.29) is 19.1 Å². The number of hydrogen-bond donors (Lipinski definition) is 2. The van der Waals surface area contributed by atoms with Gasteiger partial charge in [-0.3, -0.25) is 0 Å². The maximum absolute atomic E-state index is 8.95. The molecule has 0 aromatic heterocycles. The van der Waals surface area contributed by atoms with Gasteiger partial charge in [0, 0.05) is 5.92 Å². The van der Waals surface area contributed by atoms with Gasteiger partial charge in [0.2, 0.25) is 0 Å². The maximum Gasteiger partial charge on any atom is 0.122 e. The molecule has 0 heterocycles. The van der Waals surface area contributed by atoms with Gasteiger partial charge in [-0.1, -0.05) is 25.5 Å². The summed E-state index contributed by atoms with van der Waals surface area (Å²) in [4.78, 5) is 0. The first-order valence-corrected chi connectivity index (χ1v) is 6.15. The van der Waals surface area contributed by atoms with Crippen molar-refractivity contribution < 1.29 is 14.9 Å². The molecule has 2 N–H and O–H groups in total. The van der Waals surface area contributed by atoms with Crippen LogP contribution in [0, 0.1) is 12.8 Å². The summed E-state index contributed by atoms with van der Waals surface area (Å²) >= 11 is 0. The molecular weight excluding hydrogens is 216 g/mol. The molecule has 3 heteroatoms. The SMILES string of the molecule is CCCc1ccc(OCC(CO)CO)c(C)c1. The summed E-state index contributed by atoms with van der Waals surface area (Å²) in [6.45, 7) is 4.42. The Morgan fingerprint density at radius 3 is 2.47 bits per heavy atom. The third kappa shape index (κ3) is 4.36. The van der Waals surface area contributed by atoms with Gasteiger partial charge >= 0.3 is 0 Å². The Labute approximate surface area is 103 Å². The summed E-state index contributed by atoms with van der Waals surface area (Å²) < 4.78 is 5.59. The van der Waals surface area contributed by atoms with E-state index in [1.54, 1.807) is 0 Å². The second kappa shape index (κ2) is 7.30. The summed E-state index contributed by atoms with van der Waals surface area (Å²) in [7, 11) is 0. The molecule has 0 bridgehead atoms. The van der Waals surface area contributed by atoms with Gasteiger partial charge in [0.15, 0.2) is 0 Å². The predicted octanol–water partition coefficient (Wildman–Crippen LogP) is 1.93. The molecule has 96 valence electrons. The van der Waals surface area contributed by atoms with Gasteiger partial charge < -0.3 is 14.9 Å². The van der Waals surface area contributed by atoms with E-state index in [0.717, 1.165) is 24.2 Å². The van der Waals surface area contributed by atoms with Gasteiger partial charge in [0.25, 0.3) is 0 Å². The van der Waals surface area contributed by atoms with Crippen molar-refractivity contribution in [1.29, 1.82) is 0 Å². The largest absolute Gasteiger partial charge is 0.493 e. The zero-order chi connectivity index (χ0) is 12.7. The van der Waals surface area contributed by atoms with E-state index >= 15 is 0 Å². The van der Waals surface area contributed by atoms with Gasteiger partial charge in [-0.25, -0.2) is 0 Å². The normalized spacial score (nSPS) is 10.9. The summed E-state index contributed by atoms with van der Waals surface area (Å²) in [5.41, 5.74) is 2.42. The monoisotopic (exact) mass is 238 g/mol. The molecule has 1 rings (SSSR count). The highest BCUT2D eigenvalue weighted by atomic mass is 16.5. The lowest BCUT2D eigenvalue weighted by Gasteiger charge is -2.14. The molecule has 1 aromatic rings. The van der Waals surface area contributed by atoms with Gasteiger partial charge in [0.05, 0.1) is 19.8 Å². The fourth-order valence-corrected chi connectivity index (χ4v) is 1.69. The first kappa shape index (κ1) is 14.0. The number of ether oxygens (including phenoxy) is 1. The summed E-state index contributed by atoms with van der Waals surface area (Å²) in [5, 5.41) is 17.9. The van der Waals surface area contributed by atoms with Crippen LogP contribution in [0.1, 0.15) is 24.5 Å². The van der Waals surface area contributed by atoms with Gasteiger partial charge in [-0.05, 0) is 30.5 Å². The molecule has 0 atom stereocenters. The minimum Gasteiger partial charge on any atom is -0.493 e. The Morgan fingerprint density at radius 2 is 1.94 bits per heavy atom. The summed E-state index contributed by atoms with van der Waals surface area (Å²) in [5.74, 6) is 0.626. The Hall–Kier alpha value is -1.06. The van der Waals surface area contributed by atoms with Crippen LogP contribution in [0.4, 0.5) is 0 Å². The number of benzene rings is 1. The van der Waals surface area contributed by atoms with Crippen molar-refractivity contribution in [1.82, 2.24) is 0 Å². The van der Waals surface area contributed by atoms with Crippen molar-refractivity contribution in [3.8, 4) is 5.75 Å². The average Bonchev–Trinajstić information content (AvgIpc) is 2.33. The van der Waals surface area contributed by atoms with Crippen molar-refractivity contribution in [3.63, 3.8) is 0 Å². The van der Waals surface area contributed by atoms with E-state index in [9.17, 15) is 0 Å². The van der Waals surface area contributed by atoms with Crippen molar-refractivity contribution in [3.05, 3.63) is 29.3 Å². The summed E-state index contributed by atoms with van der Waals surface area (Å²) in [6.07, 6.45) is 2.22. The van der Waals surface area contributed by atoms with Crippen LogP contribution in [0.5, 0.6) is 5.75 Å². The molecule has 0 saturated carbocycles. The van der Waals surface area contributed by atoms with E-state index < -0.39 is 0 Å². The molecule has 0 unspecified atom stereocenters. The first-order chi connectivity index (χ1) is 8.21. The van der Waals surface area contributed by atoms with Crippen molar-refractivity contribution >= 4 is 0 Å². The van der Waals surface area contributed by atoms with Crippen LogP contribution in [0.2, 0.25) is 0 Å². The number of aliphatic hydroxyl groups excluding tert-OH is 2. The molecule has 0 aliphatic rings. The van der Waals surface area contributed by atoms with Crippen molar-refractivity contribution in [2.45, 2.75) is 26.7 Å². The zero-order valence-electron chi connectivity index (χ0n) is 10.6. The number of hydrogen-bond acceptors (Lipinski definition) is 3. The molecule has 0 saturated heterocycles. The van der Waals surface area contributed by atoms with Crippen molar-refractivity contribution in [2.24, 2.45) is 5.92 Å². The number of aliphatic hydroxyl groups is 2. The number of aryl methyl sites for hydroxylation is 2. The quantitative estimate of drug-likeness (QED) is 0.763. The van der Waals surface area contributed by atoms with E-state index in [2.05, 4.69) is 19.1 Å². The van der Waals surface area contributed by atoms with E-state index in [0.29, 0.717) is 6.61 Å². The van der Waals surface area contributed by atoms with Crippen LogP contribution in [0.25, 0.3) is 0 Å². The standard InChI is InChI=1S/C14H22O3/c1-3-4-12-5-6-14(11(2)7-12)17-10-13(8-15)9-16/h5-7,13,15-16H,3-4,8-10H2,1-2H3. The average molecular weight is 238 g/mol. The lowest BCUT2D eigenvalue weighted by molar-refractivity contribution is 0.106. The second-order valence-electron chi connectivity index (χ2n) is 4.39. The highest BCUT2D eigenvalue weighted by Crippen LogP contribution is 2.20. The molecule has 0 fully saturated rings. The molecule has 1 aromatic carbocycles. The molecule has 3 nitrogen and oxygen atoms in total. The predicted molar refractivity (Wildman–Crippen MR) is 68.3 cm³/mol. The second-order valence-corrected chi connectivity index (χ2v) is 4.39.